The van der Waals surface area contributed by atoms with Gasteiger partial charge in [-0.1, -0.05) is 6.92 Å². The minimum Gasteiger partial charge on any atom is -0.481 e. The average Bonchev–Trinajstić information content (AvgIpc) is 2.94. The largest absolute Gasteiger partial charge is 0.481 e. The molecule has 4 N–H and O–H groups in total. The zero-order chi connectivity index (χ0) is 14.2. The Morgan fingerprint density at radius 1 is 1.25 bits per heavy atom. The molecule has 1 aliphatic heterocycles. The highest BCUT2D eigenvalue weighted by molar-refractivity contribution is 5.86. The van der Waals surface area contributed by atoms with Crippen molar-refractivity contribution in [3.63, 3.8) is 0 Å². The van der Waals surface area contributed by atoms with Crippen molar-refractivity contribution in [1.82, 2.24) is 4.90 Å². The first-order valence-electron chi connectivity index (χ1n) is 6.68. The van der Waals surface area contributed by atoms with Gasteiger partial charge in [0.25, 0.3) is 0 Å². The number of hydrogen-bond donors (Lipinski definition) is 2. The molecule has 1 heterocycles. The first-order valence-corrected chi connectivity index (χ1v) is 6.68. The predicted octanol–water partition coefficient (Wildman–Crippen LogP) is 0.127. The Bertz CT molecular complexity index is 410. The van der Waals surface area contributed by atoms with Gasteiger partial charge in [-0.3, -0.25) is 9.59 Å². The van der Waals surface area contributed by atoms with Gasteiger partial charge in [-0.2, -0.15) is 0 Å². The molecule has 1 saturated carbocycles. The SMILES string of the molecule is CC(CCC(=O)O)C(=O)N1C2CCC(C2)C1C(=O)O.O. The lowest BCUT2D eigenvalue weighted by atomic mass is 9.96. The molecule has 0 spiro atoms. The normalized spacial score (nSPS) is 28.9. The first kappa shape index (κ1) is 16.4. The van der Waals surface area contributed by atoms with Crippen molar-refractivity contribution < 1.29 is 30.1 Å². The van der Waals surface area contributed by atoms with Crippen LogP contribution in [0.2, 0.25) is 0 Å². The lowest BCUT2D eigenvalue weighted by Gasteiger charge is -2.34. The third-order valence-electron chi connectivity index (χ3n) is 4.31. The van der Waals surface area contributed by atoms with Gasteiger partial charge in [0.1, 0.15) is 6.04 Å². The topological polar surface area (TPSA) is 126 Å². The summed E-state index contributed by atoms with van der Waals surface area (Å²) in [6, 6.07) is -0.676. The number of carboxylic acid groups (broad SMARTS) is 2. The number of carboxylic acids is 2. The smallest absolute Gasteiger partial charge is 0.326 e. The second-order valence-corrected chi connectivity index (χ2v) is 5.59. The van der Waals surface area contributed by atoms with Gasteiger partial charge >= 0.3 is 11.9 Å². The van der Waals surface area contributed by atoms with Crippen LogP contribution in [0.1, 0.15) is 39.0 Å². The van der Waals surface area contributed by atoms with Crippen molar-refractivity contribution in [3.8, 4) is 0 Å². The van der Waals surface area contributed by atoms with E-state index in [2.05, 4.69) is 0 Å². The Kier molecular flexibility index (Phi) is 5.10. The summed E-state index contributed by atoms with van der Waals surface area (Å²) in [5, 5.41) is 17.9. The third kappa shape index (κ3) is 2.92. The average molecular weight is 287 g/mol. The molecule has 4 unspecified atom stereocenters. The summed E-state index contributed by atoms with van der Waals surface area (Å²) < 4.78 is 0. The fourth-order valence-corrected chi connectivity index (χ4v) is 3.34. The number of aliphatic carboxylic acids is 2. The lowest BCUT2D eigenvalue weighted by molar-refractivity contribution is -0.154. The number of carbonyl (C=O) groups excluding carboxylic acids is 1. The van der Waals surface area contributed by atoms with Gasteiger partial charge in [0.05, 0.1) is 0 Å². The van der Waals surface area contributed by atoms with Crippen molar-refractivity contribution in [2.24, 2.45) is 11.8 Å². The molecular formula is C13H21NO6. The van der Waals surface area contributed by atoms with Gasteiger partial charge in [-0.05, 0) is 31.6 Å². The molecule has 1 saturated heterocycles. The number of likely N-dealkylation sites (tertiary alicyclic amines) is 1. The van der Waals surface area contributed by atoms with E-state index in [1.807, 2.05) is 0 Å². The number of nitrogens with zero attached hydrogens (tertiary/aromatic N) is 1. The van der Waals surface area contributed by atoms with E-state index in [1.54, 1.807) is 6.92 Å². The van der Waals surface area contributed by atoms with Crippen molar-refractivity contribution >= 4 is 17.8 Å². The predicted molar refractivity (Wildman–Crippen MR) is 69.0 cm³/mol. The van der Waals surface area contributed by atoms with Crippen molar-refractivity contribution in [2.45, 2.75) is 51.1 Å². The fourth-order valence-electron chi connectivity index (χ4n) is 3.34. The molecule has 2 fully saturated rings. The van der Waals surface area contributed by atoms with Gasteiger partial charge in [0.2, 0.25) is 5.91 Å². The van der Waals surface area contributed by atoms with E-state index in [4.69, 9.17) is 5.11 Å². The third-order valence-corrected chi connectivity index (χ3v) is 4.31. The summed E-state index contributed by atoms with van der Waals surface area (Å²) in [5.41, 5.74) is 0. The summed E-state index contributed by atoms with van der Waals surface area (Å²) >= 11 is 0. The van der Waals surface area contributed by atoms with Crippen molar-refractivity contribution in [2.75, 3.05) is 0 Å². The molecule has 1 aliphatic carbocycles. The maximum absolute atomic E-state index is 12.3. The van der Waals surface area contributed by atoms with Gasteiger partial charge < -0.3 is 20.6 Å². The van der Waals surface area contributed by atoms with Crippen LogP contribution in [0.3, 0.4) is 0 Å². The number of fused-ring (bicyclic) bond motifs is 2. The van der Waals surface area contributed by atoms with E-state index in [1.165, 1.54) is 4.90 Å². The molecule has 7 nitrogen and oxygen atoms in total. The molecule has 2 aliphatic rings. The molecule has 0 radical (unpaired) electrons. The second kappa shape index (κ2) is 6.21. The molecule has 0 aromatic carbocycles. The Morgan fingerprint density at radius 2 is 1.90 bits per heavy atom. The van der Waals surface area contributed by atoms with E-state index >= 15 is 0 Å². The van der Waals surface area contributed by atoms with Crippen LogP contribution in [0, 0.1) is 11.8 Å². The number of rotatable bonds is 5. The van der Waals surface area contributed by atoms with Crippen LogP contribution in [-0.4, -0.2) is 50.5 Å². The Morgan fingerprint density at radius 3 is 2.45 bits per heavy atom. The molecule has 2 bridgehead atoms. The van der Waals surface area contributed by atoms with Crippen LogP contribution in [0.5, 0.6) is 0 Å². The van der Waals surface area contributed by atoms with E-state index in [0.717, 1.165) is 19.3 Å². The molecule has 0 aromatic rings. The van der Waals surface area contributed by atoms with E-state index in [9.17, 15) is 19.5 Å². The summed E-state index contributed by atoms with van der Waals surface area (Å²) in [6.07, 6.45) is 2.70. The molecule has 114 valence electrons. The molecule has 7 heteroatoms. The van der Waals surface area contributed by atoms with Crippen LogP contribution in [0.25, 0.3) is 0 Å². The molecular weight excluding hydrogens is 266 g/mol. The zero-order valence-electron chi connectivity index (χ0n) is 11.4. The number of hydrogen-bond acceptors (Lipinski definition) is 3. The van der Waals surface area contributed by atoms with Crippen molar-refractivity contribution in [3.05, 3.63) is 0 Å². The highest BCUT2D eigenvalue weighted by Crippen LogP contribution is 2.43. The van der Waals surface area contributed by atoms with Gasteiger partial charge in [0, 0.05) is 18.4 Å². The standard InChI is InChI=1S/C13H19NO5.H2O/c1-7(2-5-10(15)16)12(17)14-9-4-3-8(6-9)11(14)13(18)19;/h7-9,11H,2-6H2,1H3,(H,15,16)(H,18,19);1H2. The number of piperidine rings is 1. The minimum atomic E-state index is -0.939. The second-order valence-electron chi connectivity index (χ2n) is 5.59. The van der Waals surface area contributed by atoms with Gasteiger partial charge in [-0.25, -0.2) is 4.79 Å². The first-order chi connectivity index (χ1) is 8.91. The molecule has 4 atom stereocenters. The van der Waals surface area contributed by atoms with Crippen LogP contribution < -0.4 is 0 Å². The Labute approximate surface area is 116 Å². The lowest BCUT2D eigenvalue weighted by Crippen LogP contribution is -2.50. The Balaban J connectivity index is 0.00000200. The van der Waals surface area contributed by atoms with E-state index in [0.29, 0.717) is 0 Å². The zero-order valence-corrected chi connectivity index (χ0v) is 11.4. The molecule has 0 aromatic heterocycles. The van der Waals surface area contributed by atoms with E-state index < -0.39 is 23.9 Å². The summed E-state index contributed by atoms with van der Waals surface area (Å²) in [5.74, 6) is -2.44. The van der Waals surface area contributed by atoms with Gasteiger partial charge in [0.15, 0.2) is 0 Å². The summed E-state index contributed by atoms with van der Waals surface area (Å²) in [4.78, 5) is 35.7. The molecule has 20 heavy (non-hydrogen) atoms. The van der Waals surface area contributed by atoms with Gasteiger partial charge in [-0.15, -0.1) is 0 Å². The van der Waals surface area contributed by atoms with Crippen LogP contribution >= 0.6 is 0 Å². The minimum absolute atomic E-state index is 0. The molecule has 1 amide bonds. The monoisotopic (exact) mass is 287 g/mol. The highest BCUT2D eigenvalue weighted by Gasteiger charge is 2.51. The van der Waals surface area contributed by atoms with E-state index in [-0.39, 0.29) is 36.2 Å². The number of amides is 1. The highest BCUT2D eigenvalue weighted by atomic mass is 16.4. The summed E-state index contributed by atoms with van der Waals surface area (Å²) in [6.45, 7) is 1.68. The van der Waals surface area contributed by atoms with Crippen molar-refractivity contribution in [1.29, 1.82) is 0 Å². The van der Waals surface area contributed by atoms with Crippen LogP contribution in [0.4, 0.5) is 0 Å². The van der Waals surface area contributed by atoms with Crippen LogP contribution in [0.15, 0.2) is 0 Å². The quantitative estimate of drug-likeness (QED) is 0.743. The maximum Gasteiger partial charge on any atom is 0.326 e. The number of carbonyl (C=O) groups is 3. The maximum atomic E-state index is 12.3. The Hall–Kier alpha value is -1.63. The molecule has 2 rings (SSSR count). The summed E-state index contributed by atoms with van der Waals surface area (Å²) in [7, 11) is 0. The fraction of sp³-hybridized carbons (Fsp3) is 0.769. The van der Waals surface area contributed by atoms with Crippen LogP contribution in [-0.2, 0) is 14.4 Å².